The van der Waals surface area contributed by atoms with E-state index < -0.39 is 5.54 Å². The SMILES string of the molecule is CC(C)N1C[C@@H]2CN(c3ncc(-c4ccc5c(n4)N(Cc4cccnc4C#N)C(C)(C)C5=O)cn3)CCN2C1=O. The van der Waals surface area contributed by atoms with Crippen LogP contribution in [-0.4, -0.2) is 85.4 Å². The third-order valence-corrected chi connectivity index (χ3v) is 8.15. The molecule has 0 unspecified atom stereocenters. The smallest absolute Gasteiger partial charge is 0.320 e. The van der Waals surface area contributed by atoms with E-state index in [1.165, 1.54) is 0 Å². The van der Waals surface area contributed by atoms with Crippen LogP contribution in [0.15, 0.2) is 42.9 Å². The molecule has 0 aromatic carbocycles. The number of nitriles is 1. The van der Waals surface area contributed by atoms with Crippen LogP contribution in [0.5, 0.6) is 0 Å². The van der Waals surface area contributed by atoms with Gasteiger partial charge < -0.3 is 19.6 Å². The van der Waals surface area contributed by atoms with Crippen molar-refractivity contribution in [3.63, 3.8) is 0 Å². The van der Waals surface area contributed by atoms with Crippen LogP contribution < -0.4 is 9.80 Å². The Balaban J connectivity index is 1.24. The largest absolute Gasteiger partial charge is 0.339 e. The molecule has 6 heterocycles. The number of fused-ring (bicyclic) bond motifs is 2. The Kier molecular flexibility index (Phi) is 6.13. The Morgan fingerprint density at radius 2 is 1.85 bits per heavy atom. The first-order valence-corrected chi connectivity index (χ1v) is 13.5. The van der Waals surface area contributed by atoms with Crippen molar-refractivity contribution in [2.75, 3.05) is 36.0 Å². The highest BCUT2D eigenvalue weighted by Gasteiger charge is 2.45. The Morgan fingerprint density at radius 1 is 1.07 bits per heavy atom. The van der Waals surface area contributed by atoms with E-state index in [1.54, 1.807) is 30.7 Å². The lowest BCUT2D eigenvalue weighted by molar-refractivity contribution is 0.0923. The van der Waals surface area contributed by atoms with E-state index in [2.05, 4.69) is 25.9 Å². The van der Waals surface area contributed by atoms with Gasteiger partial charge in [0.15, 0.2) is 5.78 Å². The van der Waals surface area contributed by atoms with Crippen molar-refractivity contribution < 1.29 is 9.59 Å². The van der Waals surface area contributed by atoms with Crippen LogP contribution >= 0.6 is 0 Å². The molecule has 40 heavy (non-hydrogen) atoms. The second-order valence-corrected chi connectivity index (χ2v) is 11.3. The van der Waals surface area contributed by atoms with Gasteiger partial charge in [0.1, 0.15) is 17.6 Å². The molecule has 2 saturated heterocycles. The van der Waals surface area contributed by atoms with Crippen LogP contribution in [0.2, 0.25) is 0 Å². The number of hydrogen-bond donors (Lipinski definition) is 0. The number of piperazine rings is 1. The summed E-state index contributed by atoms with van der Waals surface area (Å²) in [6, 6.07) is 9.82. The van der Waals surface area contributed by atoms with Crippen LogP contribution in [0.3, 0.4) is 0 Å². The molecule has 0 saturated carbocycles. The summed E-state index contributed by atoms with van der Waals surface area (Å²) >= 11 is 0. The minimum Gasteiger partial charge on any atom is -0.339 e. The number of hydrogen-bond acceptors (Lipinski definition) is 9. The average molecular weight is 538 g/mol. The van der Waals surface area contributed by atoms with E-state index >= 15 is 0 Å². The van der Waals surface area contributed by atoms with E-state index in [-0.39, 0.29) is 23.9 Å². The zero-order valence-corrected chi connectivity index (χ0v) is 23.1. The number of pyridine rings is 2. The molecule has 1 atom stereocenters. The molecule has 6 rings (SSSR count). The third-order valence-electron chi connectivity index (χ3n) is 8.15. The topological polar surface area (TPSA) is 122 Å². The van der Waals surface area contributed by atoms with Crippen molar-refractivity contribution in [2.24, 2.45) is 0 Å². The number of Topliss-reactive ketones (excluding diaryl/α,β-unsaturated/α-hetero) is 1. The second kappa shape index (κ2) is 9.55. The summed E-state index contributed by atoms with van der Waals surface area (Å²) in [4.78, 5) is 52.2. The van der Waals surface area contributed by atoms with Crippen molar-refractivity contribution in [3.05, 3.63) is 59.7 Å². The molecule has 3 aromatic rings. The predicted octanol–water partition coefficient (Wildman–Crippen LogP) is 3.12. The Hall–Kier alpha value is -4.59. The molecule has 3 aliphatic heterocycles. The zero-order valence-electron chi connectivity index (χ0n) is 23.1. The van der Waals surface area contributed by atoms with Crippen molar-refractivity contribution in [1.82, 2.24) is 29.7 Å². The molecule has 204 valence electrons. The van der Waals surface area contributed by atoms with Gasteiger partial charge in [0.05, 0.1) is 22.8 Å². The number of nitrogens with zero attached hydrogens (tertiary/aromatic N) is 9. The Bertz CT molecular complexity index is 1530. The lowest BCUT2D eigenvalue weighted by Crippen LogP contribution is -2.52. The lowest BCUT2D eigenvalue weighted by Gasteiger charge is -2.36. The molecule has 2 amide bonds. The van der Waals surface area contributed by atoms with Crippen molar-refractivity contribution in [3.8, 4) is 17.3 Å². The molecule has 0 bridgehead atoms. The van der Waals surface area contributed by atoms with Crippen LogP contribution in [0, 0.1) is 11.3 Å². The maximum Gasteiger partial charge on any atom is 0.320 e. The van der Waals surface area contributed by atoms with Gasteiger partial charge in [-0.05, 0) is 45.9 Å². The summed E-state index contributed by atoms with van der Waals surface area (Å²) in [5.41, 5.74) is 2.19. The highest BCUT2D eigenvalue weighted by Crippen LogP contribution is 2.39. The minimum absolute atomic E-state index is 0.0175. The molecule has 3 aromatic heterocycles. The van der Waals surface area contributed by atoms with Gasteiger partial charge in [0.25, 0.3) is 0 Å². The minimum atomic E-state index is -0.828. The Morgan fingerprint density at radius 3 is 2.58 bits per heavy atom. The summed E-state index contributed by atoms with van der Waals surface area (Å²) in [7, 11) is 0. The van der Waals surface area contributed by atoms with E-state index in [0.717, 1.165) is 11.1 Å². The first-order valence-electron chi connectivity index (χ1n) is 13.5. The molecule has 2 fully saturated rings. The van der Waals surface area contributed by atoms with Gasteiger partial charge in [-0.2, -0.15) is 5.26 Å². The Labute approximate surface area is 233 Å². The van der Waals surface area contributed by atoms with Crippen molar-refractivity contribution in [1.29, 1.82) is 5.26 Å². The van der Waals surface area contributed by atoms with Gasteiger partial charge in [-0.15, -0.1) is 0 Å². The monoisotopic (exact) mass is 537 g/mol. The van der Waals surface area contributed by atoms with Gasteiger partial charge in [0, 0.05) is 68.5 Å². The molecule has 0 N–H and O–H groups in total. The number of ketones is 1. The maximum absolute atomic E-state index is 13.3. The number of aromatic nitrogens is 4. The van der Waals surface area contributed by atoms with Crippen molar-refractivity contribution >= 4 is 23.6 Å². The van der Waals surface area contributed by atoms with Gasteiger partial charge in [-0.1, -0.05) is 6.07 Å². The normalized spacial score (nSPS) is 19.8. The number of rotatable bonds is 5. The van der Waals surface area contributed by atoms with Gasteiger partial charge >= 0.3 is 6.03 Å². The first kappa shape index (κ1) is 25.7. The van der Waals surface area contributed by atoms with Crippen LogP contribution in [-0.2, 0) is 6.54 Å². The molecular weight excluding hydrogens is 506 g/mol. The number of carbonyl (C=O) groups is 2. The summed E-state index contributed by atoms with van der Waals surface area (Å²) < 4.78 is 0. The number of carbonyl (C=O) groups excluding carboxylic acids is 2. The highest BCUT2D eigenvalue weighted by molar-refractivity contribution is 6.12. The van der Waals surface area contributed by atoms with Crippen LogP contribution in [0.25, 0.3) is 11.3 Å². The van der Waals surface area contributed by atoms with Crippen LogP contribution in [0.4, 0.5) is 16.6 Å². The molecule has 0 radical (unpaired) electrons. The molecule has 3 aliphatic rings. The fraction of sp³-hybridized carbons (Fsp3) is 0.414. The molecule has 0 spiro atoms. The zero-order chi connectivity index (χ0) is 28.2. The van der Waals surface area contributed by atoms with E-state index in [9.17, 15) is 14.9 Å². The number of urea groups is 1. The fourth-order valence-electron chi connectivity index (χ4n) is 5.78. The molecule has 11 nitrogen and oxygen atoms in total. The van der Waals surface area contributed by atoms with Crippen molar-refractivity contribution in [2.45, 2.75) is 51.9 Å². The van der Waals surface area contributed by atoms with Crippen LogP contribution in [0.1, 0.15) is 49.3 Å². The van der Waals surface area contributed by atoms with Gasteiger partial charge in [-0.25, -0.2) is 24.7 Å². The first-order chi connectivity index (χ1) is 19.2. The quantitative estimate of drug-likeness (QED) is 0.483. The number of anilines is 2. The molecular formula is C29H31N9O2. The predicted molar refractivity (Wildman–Crippen MR) is 149 cm³/mol. The summed E-state index contributed by atoms with van der Waals surface area (Å²) in [6.07, 6.45) is 5.10. The molecule has 0 aliphatic carbocycles. The second-order valence-electron chi connectivity index (χ2n) is 11.3. The standard InChI is InChI=1S/C29H31N9O2/c1-18(2)37-17-21-16-35(10-11-36(21)28(37)40)27-32-13-20(14-33-27)23-8-7-22-25(39)29(3,4)38(26(22)34-23)15-19-6-5-9-31-24(19)12-30/h5-9,13-14,18,21H,10-11,15-17H2,1-4H3/t21-/m0/s1. The lowest BCUT2D eigenvalue weighted by atomic mass is 9.97. The third kappa shape index (κ3) is 4.11. The summed E-state index contributed by atoms with van der Waals surface area (Å²) in [6.45, 7) is 10.9. The fourth-order valence-corrected chi connectivity index (χ4v) is 5.78. The van der Waals surface area contributed by atoms with Gasteiger partial charge in [-0.3, -0.25) is 4.79 Å². The van der Waals surface area contributed by atoms with E-state index in [4.69, 9.17) is 4.98 Å². The van der Waals surface area contributed by atoms with E-state index in [1.807, 2.05) is 54.5 Å². The highest BCUT2D eigenvalue weighted by atomic mass is 16.2. The summed E-state index contributed by atoms with van der Waals surface area (Å²) in [5, 5.41) is 9.52. The number of amides is 2. The summed E-state index contributed by atoms with van der Waals surface area (Å²) in [5.74, 6) is 1.18. The average Bonchev–Trinajstić information content (AvgIpc) is 3.39. The maximum atomic E-state index is 13.3. The van der Waals surface area contributed by atoms with E-state index in [0.29, 0.717) is 61.4 Å². The molecule has 11 heteroatoms. The van der Waals surface area contributed by atoms with Gasteiger partial charge in [0.2, 0.25) is 5.95 Å².